The lowest BCUT2D eigenvalue weighted by molar-refractivity contribution is 0.302. The Balaban J connectivity index is 3.09. The van der Waals surface area contributed by atoms with Crippen molar-refractivity contribution in [1.82, 2.24) is 5.32 Å². The van der Waals surface area contributed by atoms with Crippen LogP contribution in [-0.2, 0) is 19.7 Å². The van der Waals surface area contributed by atoms with Crippen molar-refractivity contribution in [3.05, 3.63) is 24.3 Å². The molecule has 21 heavy (non-hydrogen) atoms. The van der Waals surface area contributed by atoms with Crippen molar-refractivity contribution in [3.63, 3.8) is 0 Å². The van der Waals surface area contributed by atoms with Gasteiger partial charge in [-0.25, -0.2) is 16.8 Å². The quantitative estimate of drug-likeness (QED) is 0.883. The zero-order chi connectivity index (χ0) is 16.5. The van der Waals surface area contributed by atoms with Crippen molar-refractivity contribution >= 4 is 19.7 Å². The smallest absolute Gasteiger partial charge is 0.179 e. The Morgan fingerprint density at radius 2 is 1.43 bits per heavy atom. The molecule has 0 saturated heterocycles. The summed E-state index contributed by atoms with van der Waals surface area (Å²) in [6.07, 6.45) is 1.09. The summed E-state index contributed by atoms with van der Waals surface area (Å²) in [4.78, 5) is 0.252. The summed E-state index contributed by atoms with van der Waals surface area (Å²) in [5.74, 6) is -0.0365. The molecular weight excluding hydrogens is 310 g/mol. The van der Waals surface area contributed by atoms with Crippen molar-refractivity contribution in [2.24, 2.45) is 5.41 Å². The van der Waals surface area contributed by atoms with E-state index in [9.17, 15) is 16.8 Å². The molecule has 0 aromatic heterocycles. The van der Waals surface area contributed by atoms with Crippen LogP contribution in [0.25, 0.3) is 0 Å². The fourth-order valence-electron chi connectivity index (χ4n) is 1.98. The first kappa shape index (κ1) is 18.1. The minimum Gasteiger partial charge on any atom is -0.315 e. The molecule has 0 amide bonds. The van der Waals surface area contributed by atoms with Gasteiger partial charge in [0.15, 0.2) is 19.7 Å². The number of rotatable bonds is 5. The van der Waals surface area contributed by atoms with E-state index in [1.165, 1.54) is 24.3 Å². The molecule has 120 valence electrons. The van der Waals surface area contributed by atoms with Crippen molar-refractivity contribution in [3.8, 4) is 0 Å². The van der Waals surface area contributed by atoms with Gasteiger partial charge in [0.05, 0.1) is 15.5 Å². The van der Waals surface area contributed by atoms with Crippen LogP contribution in [0.1, 0.15) is 20.8 Å². The van der Waals surface area contributed by atoms with Gasteiger partial charge in [-0.1, -0.05) is 20.8 Å². The molecule has 0 bridgehead atoms. The Labute approximate surface area is 127 Å². The molecule has 1 rings (SSSR count). The molecule has 7 heteroatoms. The molecule has 0 spiro atoms. The molecule has 0 saturated carbocycles. The van der Waals surface area contributed by atoms with Crippen LogP contribution in [0.5, 0.6) is 0 Å². The van der Waals surface area contributed by atoms with Gasteiger partial charge in [0.1, 0.15) is 0 Å². The third-order valence-electron chi connectivity index (χ3n) is 3.39. The summed E-state index contributed by atoms with van der Waals surface area (Å²) in [5, 5.41) is 3.03. The first-order chi connectivity index (χ1) is 9.38. The van der Waals surface area contributed by atoms with E-state index < -0.39 is 19.7 Å². The summed E-state index contributed by atoms with van der Waals surface area (Å²) < 4.78 is 47.6. The van der Waals surface area contributed by atoms with Gasteiger partial charge in [-0.05, 0) is 36.7 Å². The lowest BCUT2D eigenvalue weighted by atomic mass is 9.88. The maximum atomic E-state index is 12.4. The van der Waals surface area contributed by atoms with Gasteiger partial charge in [0.2, 0.25) is 0 Å². The van der Waals surface area contributed by atoms with E-state index in [0.29, 0.717) is 0 Å². The number of hydrogen-bond donors (Lipinski definition) is 1. The van der Waals surface area contributed by atoms with Crippen LogP contribution in [0.2, 0.25) is 0 Å². The first-order valence-electron chi connectivity index (χ1n) is 6.58. The number of benzene rings is 1. The molecule has 1 unspecified atom stereocenters. The van der Waals surface area contributed by atoms with Gasteiger partial charge in [0, 0.05) is 12.3 Å². The lowest BCUT2D eigenvalue weighted by Gasteiger charge is -2.30. The zero-order valence-electron chi connectivity index (χ0n) is 13.0. The van der Waals surface area contributed by atoms with Crippen LogP contribution in [0.15, 0.2) is 34.1 Å². The highest BCUT2D eigenvalue weighted by atomic mass is 32.2. The predicted octanol–water partition coefficient (Wildman–Crippen LogP) is 1.50. The third-order valence-corrected chi connectivity index (χ3v) is 6.28. The molecule has 0 aliphatic rings. The Bertz CT molecular complexity index is 683. The fraction of sp³-hybridized carbons (Fsp3) is 0.571. The van der Waals surface area contributed by atoms with Crippen molar-refractivity contribution < 1.29 is 16.8 Å². The normalized spacial score (nSPS) is 14.9. The molecule has 0 heterocycles. The largest absolute Gasteiger partial charge is 0.315 e. The lowest BCUT2D eigenvalue weighted by Crippen LogP contribution is -2.43. The minimum absolute atomic E-state index is 0.0365. The molecule has 1 aromatic rings. The predicted molar refractivity (Wildman–Crippen MR) is 83.9 cm³/mol. The zero-order valence-corrected chi connectivity index (χ0v) is 14.7. The molecule has 1 N–H and O–H groups in total. The maximum absolute atomic E-state index is 12.4. The summed E-state index contributed by atoms with van der Waals surface area (Å²) in [7, 11) is -5.06. The fourth-order valence-corrected chi connectivity index (χ4v) is 4.46. The molecule has 5 nitrogen and oxygen atoms in total. The second-order valence-electron chi connectivity index (χ2n) is 6.23. The molecule has 1 atom stereocenters. The molecule has 0 radical (unpaired) electrons. The summed E-state index contributed by atoms with van der Waals surface area (Å²) >= 11 is 0. The number of nitrogens with one attached hydrogen (secondary N) is 1. The maximum Gasteiger partial charge on any atom is 0.179 e. The Morgan fingerprint density at radius 3 is 1.76 bits per heavy atom. The van der Waals surface area contributed by atoms with Gasteiger partial charge in [-0.2, -0.15) is 0 Å². The van der Waals surface area contributed by atoms with Crippen LogP contribution < -0.4 is 5.32 Å². The Kier molecular flexibility index (Phi) is 5.23. The van der Waals surface area contributed by atoms with E-state index >= 15 is 0 Å². The molecule has 0 fully saturated rings. The highest BCUT2D eigenvalue weighted by Crippen LogP contribution is 2.23. The Hall–Kier alpha value is -0.920. The first-order valence-corrected chi connectivity index (χ1v) is 10.1. The third kappa shape index (κ3) is 4.79. The topological polar surface area (TPSA) is 80.3 Å². The number of hydrogen-bond acceptors (Lipinski definition) is 5. The highest BCUT2D eigenvalue weighted by molar-refractivity contribution is 7.91. The molecule has 0 aliphatic carbocycles. The van der Waals surface area contributed by atoms with Gasteiger partial charge in [-0.15, -0.1) is 0 Å². The van der Waals surface area contributed by atoms with Crippen molar-refractivity contribution in [1.29, 1.82) is 0 Å². The monoisotopic (exact) mass is 333 g/mol. The van der Waals surface area contributed by atoms with Crippen LogP contribution in [0.3, 0.4) is 0 Å². The van der Waals surface area contributed by atoms with E-state index in [1.54, 1.807) is 7.05 Å². The summed E-state index contributed by atoms with van der Waals surface area (Å²) in [6.45, 7) is 5.91. The second kappa shape index (κ2) is 6.06. The van der Waals surface area contributed by atoms with Gasteiger partial charge >= 0.3 is 0 Å². The number of sulfone groups is 2. The van der Waals surface area contributed by atoms with Crippen LogP contribution in [-0.4, -0.2) is 41.9 Å². The minimum atomic E-state index is -3.47. The second-order valence-corrected chi connectivity index (χ2v) is 10.3. The van der Waals surface area contributed by atoms with Crippen LogP contribution in [0.4, 0.5) is 0 Å². The van der Waals surface area contributed by atoms with E-state index in [4.69, 9.17) is 0 Å². The van der Waals surface area contributed by atoms with E-state index in [0.717, 1.165) is 6.26 Å². The average Bonchev–Trinajstić information content (AvgIpc) is 2.34. The Morgan fingerprint density at radius 1 is 1.00 bits per heavy atom. The SMILES string of the molecule is CNC(CS(=O)(=O)c1ccc(S(C)(=O)=O)cc1)C(C)(C)C. The molecule has 1 aromatic carbocycles. The van der Waals surface area contributed by atoms with E-state index in [2.05, 4.69) is 5.32 Å². The summed E-state index contributed by atoms with van der Waals surface area (Å²) in [6, 6.07) is 5.15. The van der Waals surface area contributed by atoms with E-state index in [1.807, 2.05) is 20.8 Å². The molecule has 0 aliphatic heterocycles. The highest BCUT2D eigenvalue weighted by Gasteiger charge is 2.29. The van der Waals surface area contributed by atoms with E-state index in [-0.39, 0.29) is 27.0 Å². The average molecular weight is 333 g/mol. The van der Waals surface area contributed by atoms with Gasteiger partial charge < -0.3 is 5.32 Å². The standard InChI is InChI=1S/C14H23NO4S2/c1-14(2,3)13(15-4)10-21(18,19)12-8-6-11(7-9-12)20(5,16)17/h6-9,13,15H,10H2,1-5H3. The molecular formula is C14H23NO4S2. The van der Waals surface area contributed by atoms with Crippen LogP contribution >= 0.6 is 0 Å². The van der Waals surface area contributed by atoms with Crippen molar-refractivity contribution in [2.45, 2.75) is 36.6 Å². The summed E-state index contributed by atoms with van der Waals surface area (Å²) in [5.41, 5.74) is -0.200. The van der Waals surface area contributed by atoms with Crippen molar-refractivity contribution in [2.75, 3.05) is 19.1 Å². The van der Waals surface area contributed by atoms with Gasteiger partial charge in [0.25, 0.3) is 0 Å². The van der Waals surface area contributed by atoms with Crippen LogP contribution in [0, 0.1) is 5.41 Å². The van der Waals surface area contributed by atoms with Gasteiger partial charge in [-0.3, -0.25) is 0 Å².